The van der Waals surface area contributed by atoms with E-state index in [4.69, 9.17) is 0 Å². The summed E-state index contributed by atoms with van der Waals surface area (Å²) in [5, 5.41) is 13.1. The minimum atomic E-state index is -5.25. The van der Waals surface area contributed by atoms with E-state index in [1.165, 1.54) is 0 Å². The lowest BCUT2D eigenvalue weighted by molar-refractivity contribution is -0.275. The number of ether oxygens (including phenoxy) is 2. The van der Waals surface area contributed by atoms with Gasteiger partial charge in [0.1, 0.15) is 10.6 Å². The number of amides is 1. The molecule has 0 fully saturated rings. The van der Waals surface area contributed by atoms with Crippen LogP contribution in [0, 0.1) is 0 Å². The number of nitrogens with zero attached hydrogens (tertiary/aromatic N) is 4. The van der Waals surface area contributed by atoms with Gasteiger partial charge in [0.15, 0.2) is 0 Å². The van der Waals surface area contributed by atoms with Crippen molar-refractivity contribution in [2.24, 2.45) is 7.05 Å². The number of hydrogen-bond donors (Lipinski definition) is 1. The maximum absolute atomic E-state index is 12.4. The first-order chi connectivity index (χ1) is 12.4. The van der Waals surface area contributed by atoms with Crippen LogP contribution in [-0.2, 0) is 17.1 Å². The Hall–Kier alpha value is -3.07. The summed E-state index contributed by atoms with van der Waals surface area (Å²) in [7, 11) is -3.01. The summed E-state index contributed by atoms with van der Waals surface area (Å²) < 4.78 is 70.0. The average Bonchev–Trinajstić information content (AvgIpc) is 2.87. The normalized spacial score (nSPS) is 11.9. The Morgan fingerprint density at radius 1 is 1.30 bits per heavy atom. The van der Waals surface area contributed by atoms with E-state index in [2.05, 4.69) is 14.6 Å². The Morgan fingerprint density at radius 3 is 2.41 bits per heavy atom. The highest BCUT2D eigenvalue weighted by Gasteiger charge is 2.38. The van der Waals surface area contributed by atoms with E-state index in [1.54, 1.807) is 0 Å². The van der Waals surface area contributed by atoms with Crippen LogP contribution in [0.15, 0.2) is 34.0 Å². The molecule has 148 valence electrons. The number of benzene rings is 1. The molecule has 0 unspecified atom stereocenters. The first-order valence-electron chi connectivity index (χ1n) is 6.73. The average molecular weight is 412 g/mol. The molecular weight excluding hydrogens is 401 g/mol. The van der Waals surface area contributed by atoms with Gasteiger partial charge in [-0.3, -0.25) is 5.21 Å². The number of carbonyl (C=O) groups excluding carboxylic acids is 1. The highest BCUT2D eigenvalue weighted by atomic mass is 32.2. The van der Waals surface area contributed by atoms with Gasteiger partial charge in [-0.05, 0) is 12.1 Å². The molecule has 1 aromatic carbocycles. The van der Waals surface area contributed by atoms with Crippen molar-refractivity contribution in [1.82, 2.24) is 18.8 Å². The molecular formula is C12H11F3N4O7S. The molecule has 0 aliphatic heterocycles. The maximum atomic E-state index is 12.4. The van der Waals surface area contributed by atoms with Crippen LogP contribution in [0.1, 0.15) is 0 Å². The number of hydrogen-bond acceptors (Lipinski definition) is 8. The van der Waals surface area contributed by atoms with Crippen molar-refractivity contribution in [2.45, 2.75) is 11.3 Å². The van der Waals surface area contributed by atoms with Crippen LogP contribution in [0.4, 0.5) is 18.0 Å². The fourth-order valence-electron chi connectivity index (χ4n) is 1.87. The third kappa shape index (κ3) is 3.87. The van der Waals surface area contributed by atoms with Crippen LogP contribution in [0.5, 0.6) is 11.8 Å². The van der Waals surface area contributed by atoms with Crippen molar-refractivity contribution in [3.63, 3.8) is 0 Å². The van der Waals surface area contributed by atoms with Crippen LogP contribution in [0.2, 0.25) is 0 Å². The monoisotopic (exact) mass is 412 g/mol. The molecule has 0 aliphatic rings. The second-order valence-corrected chi connectivity index (χ2v) is 6.50. The first kappa shape index (κ1) is 20.2. The zero-order valence-corrected chi connectivity index (χ0v) is 14.4. The van der Waals surface area contributed by atoms with Crippen LogP contribution in [0.25, 0.3) is 0 Å². The molecule has 1 N–H and O–H groups in total. The minimum absolute atomic E-state index is 0.0520. The van der Waals surface area contributed by atoms with E-state index < -0.39 is 43.2 Å². The highest BCUT2D eigenvalue weighted by Crippen LogP contribution is 2.30. The van der Waals surface area contributed by atoms with E-state index in [0.29, 0.717) is 12.1 Å². The largest absolute Gasteiger partial charge is 0.573 e. The molecule has 2 aromatic rings. The van der Waals surface area contributed by atoms with E-state index in [0.717, 1.165) is 30.9 Å². The molecule has 27 heavy (non-hydrogen) atoms. The standard InChI is InChI=1S/C12H11F3N4O7S/c1-17-9(25-2)16-18(10(17)20)11(21)19(22)27(23,24)8-6-4-3-5-7(8)26-12(13,14)15/h3-6,22H,1-2H3. The predicted molar refractivity (Wildman–Crippen MR) is 78.8 cm³/mol. The van der Waals surface area contributed by atoms with Crippen LogP contribution < -0.4 is 15.2 Å². The minimum Gasteiger partial charge on any atom is -0.467 e. The lowest BCUT2D eigenvalue weighted by Crippen LogP contribution is -2.42. The lowest BCUT2D eigenvalue weighted by Gasteiger charge is -2.17. The van der Waals surface area contributed by atoms with Gasteiger partial charge in [0.2, 0.25) is 0 Å². The molecule has 1 amide bonds. The molecule has 0 saturated heterocycles. The molecule has 0 saturated carbocycles. The number of rotatable bonds is 4. The van der Waals surface area contributed by atoms with Gasteiger partial charge in [-0.25, -0.2) is 14.2 Å². The Balaban J connectivity index is 2.49. The van der Waals surface area contributed by atoms with Crippen LogP contribution >= 0.6 is 0 Å². The van der Waals surface area contributed by atoms with Crippen molar-refractivity contribution in [3.05, 3.63) is 34.7 Å². The Labute approximate surface area is 148 Å². The summed E-state index contributed by atoms with van der Waals surface area (Å²) in [6.07, 6.45) is -5.23. The number of carbonyl (C=O) groups is 1. The molecule has 15 heteroatoms. The zero-order valence-electron chi connectivity index (χ0n) is 13.5. The number of hydroxylamine groups is 1. The van der Waals surface area contributed by atoms with Crippen molar-refractivity contribution in [2.75, 3.05) is 7.11 Å². The molecule has 0 aliphatic carbocycles. The third-order valence-corrected chi connectivity index (χ3v) is 4.55. The Kier molecular flexibility index (Phi) is 5.19. The van der Waals surface area contributed by atoms with Gasteiger partial charge in [-0.2, -0.15) is 8.42 Å². The number of sulfonamides is 1. The number of methoxy groups -OCH3 is 1. The Bertz CT molecular complexity index is 1030. The van der Waals surface area contributed by atoms with E-state index in [1.807, 2.05) is 0 Å². The highest BCUT2D eigenvalue weighted by molar-refractivity contribution is 7.89. The second-order valence-electron chi connectivity index (χ2n) is 4.77. The third-order valence-electron chi connectivity index (χ3n) is 3.05. The van der Waals surface area contributed by atoms with E-state index in [-0.39, 0.29) is 10.7 Å². The fourth-order valence-corrected chi connectivity index (χ4v) is 2.95. The number of para-hydroxylation sites is 1. The number of halogens is 3. The molecule has 0 atom stereocenters. The first-order valence-corrected chi connectivity index (χ1v) is 8.17. The van der Waals surface area contributed by atoms with Gasteiger partial charge < -0.3 is 9.47 Å². The lowest BCUT2D eigenvalue weighted by atomic mass is 10.3. The molecule has 2 rings (SSSR count). The van der Waals surface area contributed by atoms with Gasteiger partial charge in [0.25, 0.3) is 10.0 Å². The number of aromatic nitrogens is 3. The van der Waals surface area contributed by atoms with Crippen molar-refractivity contribution >= 4 is 16.1 Å². The van der Waals surface area contributed by atoms with E-state index in [9.17, 15) is 36.4 Å². The molecule has 0 bridgehead atoms. The zero-order chi connectivity index (χ0) is 20.6. The predicted octanol–water partition coefficient (Wildman–Crippen LogP) is 0.537. The van der Waals surface area contributed by atoms with Gasteiger partial charge >= 0.3 is 24.1 Å². The summed E-state index contributed by atoms with van der Waals surface area (Å²) in [6.45, 7) is 0. The Morgan fingerprint density at radius 2 is 1.89 bits per heavy atom. The second kappa shape index (κ2) is 6.92. The van der Waals surface area contributed by atoms with Gasteiger partial charge in [0.05, 0.1) is 7.11 Å². The molecule has 0 radical (unpaired) electrons. The topological polar surface area (TPSA) is 133 Å². The van der Waals surface area contributed by atoms with Crippen molar-refractivity contribution < 1.29 is 41.1 Å². The SMILES string of the molecule is COc1nn(C(=O)N(O)S(=O)(=O)c2ccccc2OC(F)(F)F)c(=O)n1C. The quantitative estimate of drug-likeness (QED) is 0.568. The molecule has 11 nitrogen and oxygen atoms in total. The maximum Gasteiger partial charge on any atom is 0.573 e. The molecule has 0 spiro atoms. The fraction of sp³-hybridized carbons (Fsp3) is 0.250. The van der Waals surface area contributed by atoms with Crippen molar-refractivity contribution in [3.8, 4) is 11.8 Å². The summed E-state index contributed by atoms with van der Waals surface area (Å²) >= 11 is 0. The van der Waals surface area contributed by atoms with Gasteiger partial charge in [-0.15, -0.1) is 23.0 Å². The van der Waals surface area contributed by atoms with Crippen molar-refractivity contribution in [1.29, 1.82) is 0 Å². The summed E-state index contributed by atoms with van der Waals surface area (Å²) in [6, 6.07) is 1.13. The summed E-state index contributed by atoms with van der Waals surface area (Å²) in [5.74, 6) is -1.19. The van der Waals surface area contributed by atoms with Gasteiger partial charge in [-0.1, -0.05) is 16.6 Å². The van der Waals surface area contributed by atoms with Gasteiger partial charge in [0, 0.05) is 7.05 Å². The smallest absolute Gasteiger partial charge is 0.467 e. The van der Waals surface area contributed by atoms with Crippen LogP contribution in [0.3, 0.4) is 0 Å². The summed E-state index contributed by atoms with van der Waals surface area (Å²) in [4.78, 5) is 22.8. The molecule has 1 heterocycles. The van der Waals surface area contributed by atoms with Crippen LogP contribution in [-0.4, -0.2) is 51.9 Å². The molecule has 1 aromatic heterocycles. The summed E-state index contributed by atoms with van der Waals surface area (Å²) in [5.41, 5.74) is -1.18. The van der Waals surface area contributed by atoms with E-state index >= 15 is 0 Å². The number of alkyl halides is 3.